The maximum Gasteiger partial charge on any atom is 0.310 e. The van der Waals surface area contributed by atoms with Crippen LogP contribution in [0.15, 0.2) is 0 Å². The Hall–Kier alpha value is -0.570. The molecule has 0 spiro atoms. The predicted molar refractivity (Wildman–Crippen MR) is 58.7 cm³/mol. The molecule has 3 heteroatoms. The number of piperidine rings is 2. The third-order valence-corrected chi connectivity index (χ3v) is 3.99. The van der Waals surface area contributed by atoms with E-state index in [1.54, 1.807) is 0 Å². The summed E-state index contributed by atoms with van der Waals surface area (Å²) < 4.78 is 0. The zero-order chi connectivity index (χ0) is 11.1. The monoisotopic (exact) mass is 211 g/mol. The minimum absolute atomic E-state index is 0.413. The third-order valence-electron chi connectivity index (χ3n) is 3.99. The second-order valence-electron chi connectivity index (χ2n) is 5.64. The molecule has 0 unspecified atom stereocenters. The standard InChI is InChI=1S/C12H21NO2/c1-9(2)7-13-8-12(11(14)15)5-3-10(13)4-6-12/h9-10H,3-8H2,1-2H3,(H,14,15). The fourth-order valence-corrected chi connectivity index (χ4v) is 3.16. The number of carboxylic acid groups (broad SMARTS) is 1. The molecular weight excluding hydrogens is 190 g/mol. The van der Waals surface area contributed by atoms with Crippen molar-refractivity contribution in [2.24, 2.45) is 11.3 Å². The van der Waals surface area contributed by atoms with Crippen molar-refractivity contribution in [3.05, 3.63) is 0 Å². The second-order valence-corrected chi connectivity index (χ2v) is 5.64. The molecule has 86 valence electrons. The Kier molecular flexibility index (Phi) is 2.75. The van der Waals surface area contributed by atoms with Gasteiger partial charge in [0.2, 0.25) is 0 Å². The van der Waals surface area contributed by atoms with Gasteiger partial charge in [0.05, 0.1) is 5.41 Å². The first kappa shape index (κ1) is 10.9. The molecule has 0 aromatic rings. The Labute approximate surface area is 91.5 Å². The van der Waals surface area contributed by atoms with E-state index in [9.17, 15) is 9.90 Å². The van der Waals surface area contributed by atoms with E-state index in [2.05, 4.69) is 18.7 Å². The van der Waals surface area contributed by atoms with Gasteiger partial charge < -0.3 is 5.11 Å². The Morgan fingerprint density at radius 1 is 1.47 bits per heavy atom. The summed E-state index contributed by atoms with van der Waals surface area (Å²) in [5.74, 6) is 0.0598. The molecule has 15 heavy (non-hydrogen) atoms. The maximum absolute atomic E-state index is 11.3. The molecular formula is C12H21NO2. The lowest BCUT2D eigenvalue weighted by Crippen LogP contribution is -2.57. The van der Waals surface area contributed by atoms with Gasteiger partial charge in [-0.3, -0.25) is 9.69 Å². The number of carboxylic acids is 1. The number of hydrogen-bond acceptors (Lipinski definition) is 2. The number of fused-ring (bicyclic) bond motifs is 3. The lowest BCUT2D eigenvalue weighted by atomic mass is 9.67. The number of aliphatic carboxylic acids is 1. The van der Waals surface area contributed by atoms with Crippen molar-refractivity contribution in [3.8, 4) is 0 Å². The number of rotatable bonds is 3. The third kappa shape index (κ3) is 1.89. The lowest BCUT2D eigenvalue weighted by Gasteiger charge is -2.51. The van der Waals surface area contributed by atoms with E-state index in [4.69, 9.17) is 0 Å². The highest BCUT2D eigenvalue weighted by molar-refractivity contribution is 5.75. The zero-order valence-corrected chi connectivity index (χ0v) is 9.70. The largest absolute Gasteiger partial charge is 0.481 e. The van der Waals surface area contributed by atoms with Gasteiger partial charge in [0.25, 0.3) is 0 Å². The van der Waals surface area contributed by atoms with Crippen molar-refractivity contribution in [3.63, 3.8) is 0 Å². The fraction of sp³-hybridized carbons (Fsp3) is 0.917. The Bertz CT molecular complexity index is 254. The van der Waals surface area contributed by atoms with Gasteiger partial charge in [0, 0.05) is 19.1 Å². The molecule has 1 N–H and O–H groups in total. The molecule has 3 nitrogen and oxygen atoms in total. The first-order valence-electron chi connectivity index (χ1n) is 6.01. The molecule has 2 heterocycles. The Balaban J connectivity index is 2.09. The van der Waals surface area contributed by atoms with E-state index >= 15 is 0 Å². The first-order valence-corrected chi connectivity index (χ1v) is 6.01. The van der Waals surface area contributed by atoms with Crippen LogP contribution in [0.25, 0.3) is 0 Å². The van der Waals surface area contributed by atoms with Crippen LogP contribution in [0.5, 0.6) is 0 Å². The molecule has 2 bridgehead atoms. The zero-order valence-electron chi connectivity index (χ0n) is 9.70. The SMILES string of the molecule is CC(C)CN1CC2(C(=O)O)CCC1CC2. The van der Waals surface area contributed by atoms with Crippen molar-refractivity contribution in [2.45, 2.75) is 45.6 Å². The minimum atomic E-state index is -0.575. The van der Waals surface area contributed by atoms with Crippen LogP contribution in [0.3, 0.4) is 0 Å². The molecule has 0 aromatic heterocycles. The summed E-state index contributed by atoms with van der Waals surface area (Å²) in [6, 6.07) is 0.661. The van der Waals surface area contributed by atoms with Gasteiger partial charge >= 0.3 is 5.97 Å². The van der Waals surface area contributed by atoms with Crippen LogP contribution in [-0.2, 0) is 4.79 Å². The summed E-state index contributed by atoms with van der Waals surface area (Å²) in [5.41, 5.74) is -0.413. The van der Waals surface area contributed by atoms with Crippen molar-refractivity contribution in [1.29, 1.82) is 0 Å². The lowest BCUT2D eigenvalue weighted by molar-refractivity contribution is -0.159. The fourth-order valence-electron chi connectivity index (χ4n) is 3.16. The topological polar surface area (TPSA) is 40.5 Å². The van der Waals surface area contributed by atoms with Gasteiger partial charge in [-0.05, 0) is 31.6 Å². The highest BCUT2D eigenvalue weighted by Crippen LogP contribution is 2.44. The molecule has 3 aliphatic rings. The van der Waals surface area contributed by atoms with Crippen LogP contribution in [-0.4, -0.2) is 35.1 Å². The summed E-state index contributed by atoms with van der Waals surface area (Å²) in [6.45, 7) is 6.25. The van der Waals surface area contributed by atoms with E-state index in [0.29, 0.717) is 12.0 Å². The average molecular weight is 211 g/mol. The van der Waals surface area contributed by atoms with Crippen molar-refractivity contribution in [2.75, 3.05) is 13.1 Å². The van der Waals surface area contributed by atoms with Gasteiger partial charge in [-0.1, -0.05) is 13.8 Å². The molecule has 2 aliphatic heterocycles. The molecule has 3 fully saturated rings. The molecule has 2 saturated heterocycles. The normalized spacial score (nSPS) is 36.1. The first-order chi connectivity index (χ1) is 7.03. The van der Waals surface area contributed by atoms with Crippen LogP contribution >= 0.6 is 0 Å². The van der Waals surface area contributed by atoms with Crippen LogP contribution in [0.1, 0.15) is 39.5 Å². The van der Waals surface area contributed by atoms with Gasteiger partial charge in [-0.2, -0.15) is 0 Å². The molecule has 0 atom stereocenters. The van der Waals surface area contributed by atoms with E-state index in [1.165, 1.54) is 0 Å². The molecule has 1 saturated carbocycles. The summed E-state index contributed by atoms with van der Waals surface area (Å²) in [7, 11) is 0. The summed E-state index contributed by atoms with van der Waals surface area (Å²) in [6.07, 6.45) is 3.95. The Morgan fingerprint density at radius 2 is 2.07 bits per heavy atom. The molecule has 0 radical (unpaired) electrons. The minimum Gasteiger partial charge on any atom is -0.481 e. The number of hydrogen-bond donors (Lipinski definition) is 1. The Morgan fingerprint density at radius 3 is 2.53 bits per heavy atom. The van der Waals surface area contributed by atoms with Crippen molar-refractivity contribution >= 4 is 5.97 Å². The van der Waals surface area contributed by atoms with Gasteiger partial charge in [-0.25, -0.2) is 0 Å². The predicted octanol–water partition coefficient (Wildman–Crippen LogP) is 1.97. The summed E-state index contributed by atoms with van der Waals surface area (Å²) in [5, 5.41) is 9.34. The summed E-state index contributed by atoms with van der Waals surface area (Å²) >= 11 is 0. The number of nitrogens with zero attached hydrogens (tertiary/aromatic N) is 1. The molecule has 3 rings (SSSR count). The van der Waals surface area contributed by atoms with Crippen molar-refractivity contribution in [1.82, 2.24) is 4.90 Å². The van der Waals surface area contributed by atoms with E-state index in [0.717, 1.165) is 38.8 Å². The van der Waals surface area contributed by atoms with Gasteiger partial charge in [0.15, 0.2) is 0 Å². The van der Waals surface area contributed by atoms with Gasteiger partial charge in [-0.15, -0.1) is 0 Å². The van der Waals surface area contributed by atoms with Crippen LogP contribution in [0.2, 0.25) is 0 Å². The van der Waals surface area contributed by atoms with Crippen LogP contribution in [0, 0.1) is 11.3 Å². The van der Waals surface area contributed by atoms with Crippen LogP contribution < -0.4 is 0 Å². The summed E-state index contributed by atoms with van der Waals surface area (Å²) in [4.78, 5) is 13.7. The quantitative estimate of drug-likeness (QED) is 0.776. The molecule has 0 amide bonds. The molecule has 0 aromatic carbocycles. The smallest absolute Gasteiger partial charge is 0.310 e. The van der Waals surface area contributed by atoms with Crippen LogP contribution in [0.4, 0.5) is 0 Å². The van der Waals surface area contributed by atoms with E-state index in [-0.39, 0.29) is 0 Å². The van der Waals surface area contributed by atoms with E-state index < -0.39 is 11.4 Å². The highest BCUT2D eigenvalue weighted by Gasteiger charge is 2.49. The van der Waals surface area contributed by atoms with Crippen molar-refractivity contribution < 1.29 is 9.90 Å². The highest BCUT2D eigenvalue weighted by atomic mass is 16.4. The second kappa shape index (κ2) is 3.78. The average Bonchev–Trinajstić information content (AvgIpc) is 2.18. The maximum atomic E-state index is 11.3. The molecule has 1 aliphatic carbocycles. The number of carbonyl (C=O) groups is 1. The van der Waals surface area contributed by atoms with E-state index in [1.807, 2.05) is 0 Å². The van der Waals surface area contributed by atoms with Gasteiger partial charge in [0.1, 0.15) is 0 Å².